The van der Waals surface area contributed by atoms with Crippen LogP contribution in [0.2, 0.25) is 0 Å². The summed E-state index contributed by atoms with van der Waals surface area (Å²) in [6.07, 6.45) is 5.35. The largest absolute Gasteiger partial charge is 0.497 e. The summed E-state index contributed by atoms with van der Waals surface area (Å²) in [5, 5.41) is 3.90. The average Bonchev–Trinajstić information content (AvgIpc) is 3.26. The molecule has 1 amide bonds. The van der Waals surface area contributed by atoms with Gasteiger partial charge in [-0.25, -0.2) is 0 Å². The first-order valence-electron chi connectivity index (χ1n) is 11.0. The smallest absolute Gasteiger partial charge is 0.248 e. The maximum atomic E-state index is 12.8. The number of benzene rings is 3. The van der Waals surface area contributed by atoms with Gasteiger partial charge in [0.05, 0.1) is 20.0 Å². The standard InChI is InChI=1S/C28H27NO4S/c1-5-32-26-16-27-24(25(17-33-27)19-9-11-21(31-3)12-10-19)15-23(26)18(2)13-28(30)29-20-7-6-8-22(14-20)34-4/h6-17H,5H2,1-4H3,(H,29,30)/b18-13+. The summed E-state index contributed by atoms with van der Waals surface area (Å²) in [4.78, 5) is 13.9. The van der Waals surface area contributed by atoms with Gasteiger partial charge in [0.15, 0.2) is 0 Å². The molecule has 4 rings (SSSR count). The number of nitrogens with one attached hydrogen (secondary N) is 1. The molecule has 0 spiro atoms. The van der Waals surface area contributed by atoms with Gasteiger partial charge in [-0.1, -0.05) is 18.2 Å². The lowest BCUT2D eigenvalue weighted by molar-refractivity contribution is -0.111. The van der Waals surface area contributed by atoms with Crippen LogP contribution in [0.15, 0.2) is 82.3 Å². The normalized spacial score (nSPS) is 11.5. The molecule has 1 N–H and O–H groups in total. The van der Waals surface area contributed by atoms with E-state index in [2.05, 4.69) is 5.32 Å². The maximum Gasteiger partial charge on any atom is 0.248 e. The number of hydrogen-bond acceptors (Lipinski definition) is 5. The predicted molar refractivity (Wildman–Crippen MR) is 140 cm³/mol. The molecule has 3 aromatic carbocycles. The van der Waals surface area contributed by atoms with Crippen LogP contribution >= 0.6 is 11.8 Å². The van der Waals surface area contributed by atoms with E-state index in [4.69, 9.17) is 13.9 Å². The molecule has 0 bridgehead atoms. The third-order valence-corrected chi connectivity index (χ3v) is 6.21. The number of allylic oxidation sites excluding steroid dienone is 1. The second-order valence-electron chi connectivity index (χ2n) is 7.70. The quantitative estimate of drug-likeness (QED) is 0.215. The number of carbonyl (C=O) groups is 1. The SMILES string of the molecule is CCOc1cc2occ(-c3ccc(OC)cc3)c2cc1/C(C)=C/C(=O)Nc1cccc(SC)c1. The summed E-state index contributed by atoms with van der Waals surface area (Å²) in [7, 11) is 1.65. The Morgan fingerprint density at radius 3 is 2.62 bits per heavy atom. The molecule has 5 nitrogen and oxygen atoms in total. The number of hydrogen-bond donors (Lipinski definition) is 1. The van der Waals surface area contributed by atoms with Crippen molar-refractivity contribution in [3.8, 4) is 22.6 Å². The van der Waals surface area contributed by atoms with Crippen molar-refractivity contribution in [3.63, 3.8) is 0 Å². The summed E-state index contributed by atoms with van der Waals surface area (Å²) in [5.41, 5.74) is 5.11. The lowest BCUT2D eigenvalue weighted by Crippen LogP contribution is -2.08. The molecule has 34 heavy (non-hydrogen) atoms. The van der Waals surface area contributed by atoms with Crippen LogP contribution in [0.5, 0.6) is 11.5 Å². The Morgan fingerprint density at radius 2 is 1.91 bits per heavy atom. The van der Waals surface area contributed by atoms with E-state index in [0.717, 1.165) is 49.6 Å². The number of methoxy groups -OCH3 is 1. The molecule has 0 aliphatic carbocycles. The molecule has 0 saturated carbocycles. The number of rotatable bonds is 8. The van der Waals surface area contributed by atoms with E-state index in [0.29, 0.717) is 12.4 Å². The van der Waals surface area contributed by atoms with Crippen molar-refractivity contribution in [2.24, 2.45) is 0 Å². The number of thioether (sulfide) groups is 1. The lowest BCUT2D eigenvalue weighted by Gasteiger charge is -2.12. The Bertz CT molecular complexity index is 1340. The van der Waals surface area contributed by atoms with E-state index < -0.39 is 0 Å². The van der Waals surface area contributed by atoms with Crippen molar-refractivity contribution in [1.29, 1.82) is 0 Å². The minimum Gasteiger partial charge on any atom is -0.497 e. The highest BCUT2D eigenvalue weighted by Crippen LogP contribution is 2.38. The Labute approximate surface area is 203 Å². The number of carbonyl (C=O) groups excluding carboxylic acids is 1. The van der Waals surface area contributed by atoms with E-state index in [1.165, 1.54) is 0 Å². The van der Waals surface area contributed by atoms with Crippen molar-refractivity contribution in [2.45, 2.75) is 18.7 Å². The van der Waals surface area contributed by atoms with Crippen LogP contribution in [0, 0.1) is 0 Å². The topological polar surface area (TPSA) is 60.7 Å². The Morgan fingerprint density at radius 1 is 1.12 bits per heavy atom. The molecule has 0 saturated heterocycles. The Kier molecular flexibility index (Phi) is 7.28. The van der Waals surface area contributed by atoms with Crippen molar-refractivity contribution in [3.05, 3.63) is 78.6 Å². The molecular weight excluding hydrogens is 446 g/mol. The minimum absolute atomic E-state index is 0.194. The fraction of sp³-hybridized carbons (Fsp3) is 0.179. The highest BCUT2D eigenvalue weighted by molar-refractivity contribution is 7.98. The number of ether oxygens (including phenoxy) is 2. The number of furan rings is 1. The van der Waals surface area contributed by atoms with Crippen LogP contribution in [0.3, 0.4) is 0 Å². The van der Waals surface area contributed by atoms with Gasteiger partial charge in [-0.2, -0.15) is 0 Å². The lowest BCUT2D eigenvalue weighted by atomic mass is 9.99. The molecule has 0 fully saturated rings. The van der Waals surface area contributed by atoms with Gasteiger partial charge in [0.1, 0.15) is 17.1 Å². The zero-order valence-corrected chi connectivity index (χ0v) is 20.5. The molecule has 174 valence electrons. The second kappa shape index (κ2) is 10.5. The molecule has 0 atom stereocenters. The maximum absolute atomic E-state index is 12.8. The first-order chi connectivity index (χ1) is 16.5. The Balaban J connectivity index is 1.70. The molecule has 1 heterocycles. The van der Waals surface area contributed by atoms with Crippen LogP contribution in [-0.4, -0.2) is 25.9 Å². The second-order valence-corrected chi connectivity index (χ2v) is 8.58. The van der Waals surface area contributed by atoms with Crippen LogP contribution in [-0.2, 0) is 4.79 Å². The van der Waals surface area contributed by atoms with Gasteiger partial charge in [0.25, 0.3) is 0 Å². The number of amides is 1. The molecule has 0 radical (unpaired) electrons. The summed E-state index contributed by atoms with van der Waals surface area (Å²) in [6.45, 7) is 4.35. The van der Waals surface area contributed by atoms with Crippen molar-refractivity contribution in [1.82, 2.24) is 0 Å². The Hall–Kier alpha value is -3.64. The van der Waals surface area contributed by atoms with Gasteiger partial charge in [0, 0.05) is 39.2 Å². The fourth-order valence-corrected chi connectivity index (χ4v) is 4.25. The molecule has 0 aliphatic rings. The van der Waals surface area contributed by atoms with E-state index in [-0.39, 0.29) is 5.91 Å². The first-order valence-corrected chi connectivity index (χ1v) is 12.2. The van der Waals surface area contributed by atoms with E-state index in [1.54, 1.807) is 31.2 Å². The zero-order chi connectivity index (χ0) is 24.1. The highest BCUT2D eigenvalue weighted by Gasteiger charge is 2.15. The zero-order valence-electron chi connectivity index (χ0n) is 19.7. The van der Waals surface area contributed by atoms with E-state index >= 15 is 0 Å². The summed E-state index contributed by atoms with van der Waals surface area (Å²) in [5.74, 6) is 1.28. The van der Waals surface area contributed by atoms with Gasteiger partial charge < -0.3 is 19.2 Å². The van der Waals surface area contributed by atoms with Crippen molar-refractivity contribution >= 4 is 39.9 Å². The predicted octanol–water partition coefficient (Wildman–Crippen LogP) is 7.27. The van der Waals surface area contributed by atoms with Gasteiger partial charge in [-0.05, 0) is 67.6 Å². The van der Waals surface area contributed by atoms with Gasteiger partial charge in [-0.3, -0.25) is 4.79 Å². The van der Waals surface area contributed by atoms with Gasteiger partial charge in [0.2, 0.25) is 5.91 Å². The van der Waals surface area contributed by atoms with Crippen LogP contribution in [0.1, 0.15) is 19.4 Å². The third-order valence-electron chi connectivity index (χ3n) is 5.49. The molecule has 6 heteroatoms. The highest BCUT2D eigenvalue weighted by atomic mass is 32.2. The number of anilines is 1. The monoisotopic (exact) mass is 473 g/mol. The minimum atomic E-state index is -0.194. The molecule has 4 aromatic rings. The fourth-order valence-electron chi connectivity index (χ4n) is 3.79. The number of fused-ring (bicyclic) bond motifs is 1. The summed E-state index contributed by atoms with van der Waals surface area (Å²) in [6, 6.07) is 19.5. The van der Waals surface area contributed by atoms with E-state index in [1.807, 2.05) is 80.8 Å². The molecule has 0 unspecified atom stereocenters. The van der Waals surface area contributed by atoms with Gasteiger partial charge in [-0.15, -0.1) is 11.8 Å². The first kappa shape index (κ1) is 23.5. The van der Waals surface area contributed by atoms with Crippen molar-refractivity contribution < 1.29 is 18.7 Å². The molecular formula is C28H27NO4S. The van der Waals surface area contributed by atoms with E-state index in [9.17, 15) is 4.79 Å². The summed E-state index contributed by atoms with van der Waals surface area (Å²) >= 11 is 1.63. The van der Waals surface area contributed by atoms with Gasteiger partial charge >= 0.3 is 0 Å². The molecule has 1 aromatic heterocycles. The summed E-state index contributed by atoms with van der Waals surface area (Å²) < 4.78 is 17.0. The van der Waals surface area contributed by atoms with Crippen LogP contribution in [0.4, 0.5) is 5.69 Å². The van der Waals surface area contributed by atoms with Crippen LogP contribution < -0.4 is 14.8 Å². The van der Waals surface area contributed by atoms with Crippen LogP contribution in [0.25, 0.3) is 27.7 Å². The molecule has 0 aliphatic heterocycles. The third kappa shape index (κ3) is 5.13. The van der Waals surface area contributed by atoms with Crippen molar-refractivity contribution in [2.75, 3.05) is 25.3 Å². The average molecular weight is 474 g/mol.